The van der Waals surface area contributed by atoms with Gasteiger partial charge in [-0.1, -0.05) is 56.0 Å². The van der Waals surface area contributed by atoms with E-state index in [4.69, 9.17) is 5.73 Å². The first-order valence-corrected chi connectivity index (χ1v) is 5.39. The minimum atomic E-state index is -4.36. The Labute approximate surface area is 93.5 Å². The molecule has 1 aromatic carbocycles. The van der Waals surface area contributed by atoms with Gasteiger partial charge in [-0.15, -0.1) is 0 Å². The molecular weight excluding hydrogens is 215 g/mol. The molecule has 2 rings (SSSR count). The lowest BCUT2D eigenvalue weighted by molar-refractivity contribution is -0.149. The van der Waals surface area contributed by atoms with Crippen LogP contribution in [-0.2, 0) is 0 Å². The fourth-order valence-corrected chi connectivity index (χ4v) is 1.10. The van der Waals surface area contributed by atoms with Crippen molar-refractivity contribution in [3.8, 4) is 0 Å². The lowest BCUT2D eigenvalue weighted by Crippen LogP contribution is -2.28. The molecule has 0 aliphatic heterocycles. The molecule has 0 bridgehead atoms. The molecule has 1 atom stereocenters. The van der Waals surface area contributed by atoms with Gasteiger partial charge in [-0.05, 0) is 5.56 Å². The maximum atomic E-state index is 12.0. The summed E-state index contributed by atoms with van der Waals surface area (Å²) < 4.78 is 36.0. The van der Waals surface area contributed by atoms with E-state index >= 15 is 0 Å². The van der Waals surface area contributed by atoms with Gasteiger partial charge in [-0.25, -0.2) is 0 Å². The molecule has 0 spiro atoms. The van der Waals surface area contributed by atoms with Crippen LogP contribution >= 0.6 is 0 Å². The van der Waals surface area contributed by atoms with Crippen LogP contribution < -0.4 is 5.73 Å². The van der Waals surface area contributed by atoms with Gasteiger partial charge in [0.1, 0.15) is 6.04 Å². The van der Waals surface area contributed by atoms with Crippen LogP contribution in [0.2, 0.25) is 0 Å². The topological polar surface area (TPSA) is 26.0 Å². The summed E-state index contributed by atoms with van der Waals surface area (Å²) in [5.74, 6) is 0. The van der Waals surface area contributed by atoms with Gasteiger partial charge in [0.05, 0.1) is 0 Å². The number of nitrogens with two attached hydrogens (primary N) is 1. The molecule has 90 valence electrons. The predicted octanol–water partition coefficient (Wildman–Crippen LogP) is 3.81. The van der Waals surface area contributed by atoms with Crippen molar-refractivity contribution in [1.82, 2.24) is 0 Å². The zero-order chi connectivity index (χ0) is 12.0. The van der Waals surface area contributed by atoms with Gasteiger partial charge in [0, 0.05) is 0 Å². The lowest BCUT2D eigenvalue weighted by atomic mass is 10.0. The second-order valence-electron chi connectivity index (χ2n) is 3.84. The zero-order valence-electron chi connectivity index (χ0n) is 9.00. The molecule has 1 nitrogen and oxygen atoms in total. The van der Waals surface area contributed by atoms with Crippen molar-refractivity contribution in [2.24, 2.45) is 5.73 Å². The summed E-state index contributed by atoms with van der Waals surface area (Å²) in [7, 11) is 0. The summed E-state index contributed by atoms with van der Waals surface area (Å²) >= 11 is 0. The summed E-state index contributed by atoms with van der Waals surface area (Å²) in [6.07, 6.45) is 1.64. The highest BCUT2D eigenvalue weighted by Crippen LogP contribution is 2.29. The van der Waals surface area contributed by atoms with Crippen LogP contribution in [0.5, 0.6) is 0 Å². The molecule has 1 unspecified atom stereocenters. The van der Waals surface area contributed by atoms with Gasteiger partial charge in [0.25, 0.3) is 0 Å². The Balaban J connectivity index is 0.000000267. The molecular formula is C12H16F3N. The second-order valence-corrected chi connectivity index (χ2v) is 3.84. The molecule has 1 aromatic rings. The number of hydrogen-bond acceptors (Lipinski definition) is 1. The van der Waals surface area contributed by atoms with Crippen molar-refractivity contribution in [2.75, 3.05) is 0 Å². The number of rotatable bonds is 1. The van der Waals surface area contributed by atoms with Crippen LogP contribution in [0.25, 0.3) is 0 Å². The van der Waals surface area contributed by atoms with E-state index in [1.165, 1.54) is 49.9 Å². The average molecular weight is 231 g/mol. The Kier molecular flexibility index (Phi) is 4.80. The Bertz CT molecular complexity index is 287. The van der Waals surface area contributed by atoms with Crippen LogP contribution in [0.4, 0.5) is 13.2 Å². The number of benzene rings is 1. The fourth-order valence-electron chi connectivity index (χ4n) is 1.10. The molecule has 16 heavy (non-hydrogen) atoms. The largest absolute Gasteiger partial charge is 0.407 e. The van der Waals surface area contributed by atoms with E-state index in [0.29, 0.717) is 0 Å². The quantitative estimate of drug-likeness (QED) is 0.781. The highest BCUT2D eigenvalue weighted by atomic mass is 19.4. The van der Waals surface area contributed by atoms with Gasteiger partial charge in [-0.2, -0.15) is 13.2 Å². The Morgan fingerprint density at radius 2 is 1.38 bits per heavy atom. The van der Waals surface area contributed by atoms with Crippen LogP contribution in [0, 0.1) is 0 Å². The van der Waals surface area contributed by atoms with E-state index in [1.54, 1.807) is 6.07 Å². The molecule has 1 aliphatic carbocycles. The van der Waals surface area contributed by atoms with E-state index in [1.807, 2.05) is 0 Å². The molecule has 0 aromatic heterocycles. The van der Waals surface area contributed by atoms with Crippen molar-refractivity contribution < 1.29 is 13.2 Å². The Hall–Kier alpha value is -1.03. The predicted molar refractivity (Wildman–Crippen MR) is 57.9 cm³/mol. The van der Waals surface area contributed by atoms with E-state index < -0.39 is 12.2 Å². The molecule has 2 N–H and O–H groups in total. The van der Waals surface area contributed by atoms with Crippen molar-refractivity contribution >= 4 is 0 Å². The zero-order valence-corrected chi connectivity index (χ0v) is 9.00. The van der Waals surface area contributed by atoms with Gasteiger partial charge in [-0.3, -0.25) is 0 Å². The molecule has 0 amide bonds. The van der Waals surface area contributed by atoms with Gasteiger partial charge >= 0.3 is 6.18 Å². The van der Waals surface area contributed by atoms with E-state index in [9.17, 15) is 13.2 Å². The molecule has 1 saturated carbocycles. The highest BCUT2D eigenvalue weighted by molar-refractivity contribution is 5.19. The van der Waals surface area contributed by atoms with Gasteiger partial charge in [0.15, 0.2) is 0 Å². The summed E-state index contributed by atoms with van der Waals surface area (Å²) in [6.45, 7) is 0. The maximum Gasteiger partial charge on any atom is 0.407 e. The second kappa shape index (κ2) is 5.89. The Morgan fingerprint density at radius 3 is 1.69 bits per heavy atom. The van der Waals surface area contributed by atoms with E-state index in [0.717, 1.165) is 0 Å². The first kappa shape index (κ1) is 13.0. The van der Waals surface area contributed by atoms with Crippen molar-refractivity contribution in [1.29, 1.82) is 0 Å². The Morgan fingerprint density at radius 1 is 0.938 bits per heavy atom. The molecule has 1 aliphatic rings. The summed E-state index contributed by atoms with van der Waals surface area (Å²) in [5.41, 5.74) is 5.04. The normalized spacial score (nSPS) is 16.8. The molecule has 4 heteroatoms. The van der Waals surface area contributed by atoms with Crippen LogP contribution in [0.15, 0.2) is 30.3 Å². The van der Waals surface area contributed by atoms with Crippen LogP contribution in [0.3, 0.4) is 0 Å². The SMILES string of the molecule is C1CCC1.NC(c1ccccc1)C(F)(F)F. The fraction of sp³-hybridized carbons (Fsp3) is 0.500. The molecule has 0 saturated heterocycles. The van der Waals surface area contributed by atoms with E-state index in [-0.39, 0.29) is 5.56 Å². The number of hydrogen-bond donors (Lipinski definition) is 1. The monoisotopic (exact) mass is 231 g/mol. The molecule has 0 heterocycles. The lowest BCUT2D eigenvalue weighted by Gasteiger charge is -2.15. The van der Waals surface area contributed by atoms with Gasteiger partial charge < -0.3 is 5.73 Å². The number of halogens is 3. The third kappa shape index (κ3) is 4.23. The van der Waals surface area contributed by atoms with E-state index in [2.05, 4.69) is 0 Å². The minimum absolute atomic E-state index is 0.0880. The third-order valence-corrected chi connectivity index (χ3v) is 2.51. The van der Waals surface area contributed by atoms with Crippen molar-refractivity contribution in [3.63, 3.8) is 0 Å². The highest BCUT2D eigenvalue weighted by Gasteiger charge is 2.37. The standard InChI is InChI=1S/C8H8F3N.C4H8/c9-8(10,11)7(12)6-4-2-1-3-5-6;1-2-4-3-1/h1-5,7H,12H2;1-4H2. The van der Waals surface area contributed by atoms with Crippen molar-refractivity contribution in [2.45, 2.75) is 37.9 Å². The van der Waals surface area contributed by atoms with Crippen LogP contribution in [0.1, 0.15) is 37.3 Å². The maximum absolute atomic E-state index is 12.0. The molecule has 1 fully saturated rings. The summed E-state index contributed by atoms with van der Waals surface area (Å²) in [4.78, 5) is 0. The summed E-state index contributed by atoms with van der Waals surface area (Å²) in [6, 6.07) is 5.55. The van der Waals surface area contributed by atoms with Crippen LogP contribution in [-0.4, -0.2) is 6.18 Å². The first-order valence-electron chi connectivity index (χ1n) is 5.39. The summed E-state index contributed by atoms with van der Waals surface area (Å²) in [5, 5.41) is 0. The smallest absolute Gasteiger partial charge is 0.316 e. The third-order valence-electron chi connectivity index (χ3n) is 2.51. The average Bonchev–Trinajstić information content (AvgIpc) is 2.14. The first-order chi connectivity index (χ1) is 7.52. The van der Waals surface area contributed by atoms with Gasteiger partial charge in [0.2, 0.25) is 0 Å². The number of alkyl halides is 3. The molecule has 0 radical (unpaired) electrons. The van der Waals surface area contributed by atoms with Crippen molar-refractivity contribution in [3.05, 3.63) is 35.9 Å². The minimum Gasteiger partial charge on any atom is -0.316 e.